The monoisotopic (exact) mass is 628 g/mol. The van der Waals surface area contributed by atoms with E-state index in [0.717, 1.165) is 24.8 Å². The Morgan fingerprint density at radius 3 is 1.84 bits per heavy atom. The molecular weight excluding hydrogens is 569 g/mol. The molecule has 0 aliphatic rings. The van der Waals surface area contributed by atoms with Crippen LogP contribution < -0.4 is 10.4 Å². The number of unbranched alkanes of at least 4 members (excludes halogenated alkanes) is 1. The third-order valence-electron chi connectivity index (χ3n) is 8.96. The van der Waals surface area contributed by atoms with Gasteiger partial charge in [0.2, 0.25) is 0 Å². The number of rotatable bonds is 17. The second kappa shape index (κ2) is 16.6. The Labute approximate surface area is 265 Å². The van der Waals surface area contributed by atoms with Gasteiger partial charge < -0.3 is 23.4 Å². The summed E-state index contributed by atoms with van der Waals surface area (Å²) in [5.74, 6) is -0.0678. The summed E-state index contributed by atoms with van der Waals surface area (Å²) in [6.07, 6.45) is 4.90. The van der Waals surface area contributed by atoms with Gasteiger partial charge >= 0.3 is 0 Å². The van der Waals surface area contributed by atoms with Gasteiger partial charge in [-0.25, -0.2) is 0 Å². The number of ether oxygens (including phenoxy) is 2. The first kappa shape index (κ1) is 37.6. The molecule has 0 radical (unpaired) electrons. The van der Waals surface area contributed by atoms with E-state index < -0.39 is 16.6 Å². The highest BCUT2D eigenvalue weighted by atomic mass is 28.4. The zero-order chi connectivity index (χ0) is 32.3. The van der Waals surface area contributed by atoms with E-state index in [-0.39, 0.29) is 41.6 Å². The zero-order valence-corrected chi connectivity index (χ0v) is 30.9. The van der Waals surface area contributed by atoms with Crippen LogP contribution in [0.3, 0.4) is 0 Å². The highest BCUT2D eigenvalue weighted by molar-refractivity contribution is 6.99. The van der Waals surface area contributed by atoms with Crippen LogP contribution >= 0.6 is 0 Å². The van der Waals surface area contributed by atoms with E-state index in [1.54, 1.807) is 7.11 Å². The summed E-state index contributed by atoms with van der Waals surface area (Å²) in [6, 6.07) is 21.7. The zero-order valence-electron chi connectivity index (χ0n) is 28.9. The average molecular weight is 629 g/mol. The number of hydrogen-bond donors (Lipinski definition) is 1. The van der Waals surface area contributed by atoms with Gasteiger partial charge in [0.15, 0.2) is 8.32 Å². The van der Waals surface area contributed by atoms with Crippen LogP contribution in [0.15, 0.2) is 72.3 Å². The lowest BCUT2D eigenvalue weighted by molar-refractivity contribution is -0.0828. The highest BCUT2D eigenvalue weighted by Crippen LogP contribution is 2.39. The molecule has 0 bridgehead atoms. The Morgan fingerprint density at radius 1 is 0.860 bits per heavy atom. The third kappa shape index (κ3) is 10.2. The minimum absolute atomic E-state index is 0.0369. The van der Waals surface area contributed by atoms with Crippen molar-refractivity contribution in [3.63, 3.8) is 0 Å². The average Bonchev–Trinajstić information content (AvgIpc) is 2.95. The second-order valence-electron chi connectivity index (χ2n) is 14.5. The van der Waals surface area contributed by atoms with Crippen LogP contribution in [-0.2, 0) is 18.3 Å². The fourth-order valence-electron chi connectivity index (χ4n) is 5.36. The largest absolute Gasteiger partial charge is 0.413 e. The van der Waals surface area contributed by atoms with E-state index in [2.05, 4.69) is 128 Å². The molecule has 43 heavy (non-hydrogen) atoms. The molecule has 242 valence electrons. The Kier molecular flexibility index (Phi) is 14.6. The van der Waals surface area contributed by atoms with Crippen molar-refractivity contribution in [2.45, 2.75) is 110 Å². The minimum atomic E-state index is -2.59. The summed E-state index contributed by atoms with van der Waals surface area (Å²) in [6.45, 7) is 23.2. The van der Waals surface area contributed by atoms with Gasteiger partial charge in [-0.1, -0.05) is 115 Å². The maximum absolute atomic E-state index is 10.0. The van der Waals surface area contributed by atoms with Gasteiger partial charge in [0.05, 0.1) is 12.7 Å². The second-order valence-corrected chi connectivity index (χ2v) is 23.6. The topological polar surface area (TPSA) is 57.2 Å². The quantitative estimate of drug-likeness (QED) is 0.0843. The van der Waals surface area contributed by atoms with Crippen molar-refractivity contribution in [3.8, 4) is 0 Å². The predicted molar refractivity (Wildman–Crippen MR) is 186 cm³/mol. The lowest BCUT2D eigenvalue weighted by atomic mass is 9.96. The molecule has 5 nitrogen and oxygen atoms in total. The summed E-state index contributed by atoms with van der Waals surface area (Å²) in [5.41, 5.74) is 1.09. The van der Waals surface area contributed by atoms with Gasteiger partial charge in [0.25, 0.3) is 8.32 Å². The van der Waals surface area contributed by atoms with E-state index in [0.29, 0.717) is 6.61 Å². The molecule has 0 aliphatic heterocycles. The van der Waals surface area contributed by atoms with Gasteiger partial charge in [-0.3, -0.25) is 0 Å². The van der Waals surface area contributed by atoms with Crippen molar-refractivity contribution in [2.24, 2.45) is 5.92 Å². The van der Waals surface area contributed by atoms with Crippen LogP contribution in [0.4, 0.5) is 0 Å². The lowest BCUT2D eigenvalue weighted by Gasteiger charge is -2.44. The summed E-state index contributed by atoms with van der Waals surface area (Å²) >= 11 is 0. The van der Waals surface area contributed by atoms with E-state index >= 15 is 0 Å². The molecule has 1 N–H and O–H groups in total. The molecule has 2 aromatic carbocycles. The minimum Gasteiger partial charge on any atom is -0.413 e. The highest BCUT2D eigenvalue weighted by Gasteiger charge is 2.50. The first-order valence-electron chi connectivity index (χ1n) is 15.9. The number of allylic oxidation sites excluding steroid dienone is 1. The van der Waals surface area contributed by atoms with E-state index in [1.165, 1.54) is 10.4 Å². The number of methoxy groups -OCH3 is 1. The van der Waals surface area contributed by atoms with Gasteiger partial charge in [-0.15, -0.1) is 0 Å². The van der Waals surface area contributed by atoms with Crippen molar-refractivity contribution in [3.05, 3.63) is 72.3 Å². The third-order valence-corrected chi connectivity index (χ3v) is 18.6. The van der Waals surface area contributed by atoms with E-state index in [9.17, 15) is 5.11 Å². The van der Waals surface area contributed by atoms with Crippen LogP contribution in [0.25, 0.3) is 0 Å². The number of aliphatic hydroxyl groups excluding tert-OH is 1. The smallest absolute Gasteiger partial charge is 0.261 e. The summed E-state index contributed by atoms with van der Waals surface area (Å²) < 4.78 is 25.3. The van der Waals surface area contributed by atoms with Crippen LogP contribution in [-0.4, -0.2) is 61.1 Å². The van der Waals surface area contributed by atoms with Gasteiger partial charge in [0, 0.05) is 25.7 Å². The van der Waals surface area contributed by atoms with Crippen molar-refractivity contribution >= 4 is 27.0 Å². The molecule has 0 saturated carbocycles. The van der Waals surface area contributed by atoms with Crippen LogP contribution in [0.5, 0.6) is 0 Å². The molecular formula is C36H60O5Si2. The molecule has 2 aromatic rings. The van der Waals surface area contributed by atoms with Crippen LogP contribution in [0.2, 0.25) is 23.2 Å². The summed E-state index contributed by atoms with van der Waals surface area (Å²) in [5, 5.41) is 12.7. The maximum atomic E-state index is 10.0. The molecule has 0 unspecified atom stereocenters. The Bertz CT molecular complexity index is 1050. The molecule has 0 amide bonds. The van der Waals surface area contributed by atoms with Crippen molar-refractivity contribution < 1.29 is 23.4 Å². The van der Waals surface area contributed by atoms with Crippen molar-refractivity contribution in [1.82, 2.24) is 0 Å². The molecule has 0 spiro atoms. The van der Waals surface area contributed by atoms with Crippen molar-refractivity contribution in [1.29, 1.82) is 0 Å². The van der Waals surface area contributed by atoms with E-state index in [1.807, 2.05) is 6.92 Å². The molecule has 7 heteroatoms. The van der Waals surface area contributed by atoms with Crippen LogP contribution in [0.1, 0.15) is 74.7 Å². The molecule has 0 saturated heterocycles. The molecule has 0 aliphatic carbocycles. The fourth-order valence-corrected chi connectivity index (χ4v) is 11.1. The lowest BCUT2D eigenvalue weighted by Crippen LogP contribution is -2.67. The van der Waals surface area contributed by atoms with Gasteiger partial charge in [-0.2, -0.15) is 0 Å². The predicted octanol–water partition coefficient (Wildman–Crippen LogP) is 7.69. The van der Waals surface area contributed by atoms with Crippen LogP contribution in [0, 0.1) is 5.92 Å². The van der Waals surface area contributed by atoms with Crippen molar-refractivity contribution in [2.75, 3.05) is 27.1 Å². The Morgan fingerprint density at radius 2 is 1.40 bits per heavy atom. The first-order chi connectivity index (χ1) is 20.1. The number of hydrogen-bond acceptors (Lipinski definition) is 5. The van der Waals surface area contributed by atoms with Gasteiger partial charge in [0.1, 0.15) is 6.79 Å². The normalized spacial score (nSPS) is 15.8. The SMILES string of the molecule is COCO[C@@H](/C(=C/CCC[C@@H](C)O[Si](c1ccccc1)(c1ccccc1)C(C)(C)C)CO[Si](C)(C)C(C)(C)C)[C@@H](C)CO. The van der Waals surface area contributed by atoms with Gasteiger partial charge in [-0.05, 0) is 65.3 Å². The molecule has 0 heterocycles. The number of benzene rings is 2. The summed E-state index contributed by atoms with van der Waals surface area (Å²) in [7, 11) is -2.93. The standard InChI is InChI=1S/C36H60O5Si2/c1-29(26-37)34(39-28-38-9)31(27-40-42(10,11)35(3,4)5)21-19-18-20-30(2)41-43(36(6,7)8,32-22-14-12-15-23-32)33-24-16-13-17-25-33/h12-17,21-25,29-30,34,37H,18-20,26-28H2,1-11H3/b31-21+/t29-,30+,34+/m0/s1. The first-order valence-corrected chi connectivity index (χ1v) is 20.8. The maximum Gasteiger partial charge on any atom is 0.261 e. The molecule has 3 atom stereocenters. The molecule has 0 fully saturated rings. The fraction of sp³-hybridized carbons (Fsp3) is 0.611. The molecule has 2 rings (SSSR count). The Balaban J connectivity index is 2.29. The number of aliphatic hydroxyl groups is 1. The van der Waals surface area contributed by atoms with E-state index in [4.69, 9.17) is 18.3 Å². The summed E-state index contributed by atoms with van der Waals surface area (Å²) in [4.78, 5) is 0. The Hall–Kier alpha value is -1.59. The molecule has 0 aromatic heterocycles.